The lowest BCUT2D eigenvalue weighted by Gasteiger charge is -2.11. The number of benzene rings is 1. The van der Waals surface area contributed by atoms with Gasteiger partial charge in [-0.3, -0.25) is 0 Å². The third kappa shape index (κ3) is 7.52. The SMILES string of the molecule is O=C(NCC(O)CO)Nc1cccc(CCC(F)(F)F)c1. The Labute approximate surface area is 119 Å². The molecule has 0 aromatic heterocycles. The Morgan fingerprint density at radius 2 is 2.05 bits per heavy atom. The van der Waals surface area contributed by atoms with Crippen LogP contribution in [0.3, 0.4) is 0 Å². The lowest BCUT2D eigenvalue weighted by Crippen LogP contribution is -2.36. The molecule has 1 atom stereocenters. The maximum absolute atomic E-state index is 12.1. The molecule has 0 heterocycles. The molecule has 1 rings (SSSR count). The lowest BCUT2D eigenvalue weighted by molar-refractivity contribution is -0.133. The first-order valence-corrected chi connectivity index (χ1v) is 6.29. The van der Waals surface area contributed by atoms with E-state index in [1.54, 1.807) is 18.2 Å². The van der Waals surface area contributed by atoms with Gasteiger partial charge in [0.2, 0.25) is 0 Å². The number of urea groups is 1. The summed E-state index contributed by atoms with van der Waals surface area (Å²) in [6, 6.07) is 5.47. The Kier molecular flexibility index (Phi) is 6.44. The summed E-state index contributed by atoms with van der Waals surface area (Å²) in [5.41, 5.74) is 0.811. The summed E-state index contributed by atoms with van der Waals surface area (Å²) in [5.74, 6) is 0. The highest BCUT2D eigenvalue weighted by Gasteiger charge is 2.26. The van der Waals surface area contributed by atoms with Gasteiger partial charge in [0.15, 0.2) is 0 Å². The topological polar surface area (TPSA) is 81.6 Å². The number of alkyl halides is 3. The van der Waals surface area contributed by atoms with Crippen LogP contribution in [0.2, 0.25) is 0 Å². The number of aliphatic hydroxyl groups excluding tert-OH is 2. The zero-order chi connectivity index (χ0) is 15.9. The highest BCUT2D eigenvalue weighted by atomic mass is 19.4. The van der Waals surface area contributed by atoms with E-state index in [1.807, 2.05) is 0 Å². The summed E-state index contributed by atoms with van der Waals surface area (Å²) in [6.45, 7) is -0.608. The molecule has 0 fully saturated rings. The molecular weight excluding hydrogens is 289 g/mol. The van der Waals surface area contributed by atoms with Crippen molar-refractivity contribution < 1.29 is 28.2 Å². The molecule has 1 unspecified atom stereocenters. The maximum atomic E-state index is 12.1. The van der Waals surface area contributed by atoms with Gasteiger partial charge in [0, 0.05) is 18.7 Å². The molecule has 0 aliphatic carbocycles. The van der Waals surface area contributed by atoms with E-state index in [4.69, 9.17) is 10.2 Å². The Morgan fingerprint density at radius 1 is 1.33 bits per heavy atom. The third-order valence-electron chi connectivity index (χ3n) is 2.59. The molecule has 21 heavy (non-hydrogen) atoms. The number of carbonyl (C=O) groups excluding carboxylic acids is 1. The molecule has 0 aliphatic rings. The summed E-state index contributed by atoms with van der Waals surface area (Å²) < 4.78 is 36.4. The third-order valence-corrected chi connectivity index (χ3v) is 2.59. The van der Waals surface area contributed by atoms with Crippen molar-refractivity contribution in [3.8, 4) is 0 Å². The van der Waals surface area contributed by atoms with Crippen LogP contribution in [0, 0.1) is 0 Å². The van der Waals surface area contributed by atoms with Crippen LogP contribution < -0.4 is 10.6 Å². The predicted octanol–water partition coefficient (Wildman–Crippen LogP) is 1.66. The standard InChI is InChI=1S/C13H17F3N2O3/c14-13(15,16)5-4-9-2-1-3-10(6-9)18-12(21)17-7-11(20)8-19/h1-3,6,11,19-20H,4-5,7-8H2,(H2,17,18,21). The van der Waals surface area contributed by atoms with Crippen molar-refractivity contribution in [3.05, 3.63) is 29.8 Å². The van der Waals surface area contributed by atoms with E-state index < -0.39 is 31.3 Å². The van der Waals surface area contributed by atoms with Crippen LogP contribution in [-0.2, 0) is 6.42 Å². The molecule has 4 N–H and O–H groups in total. The Morgan fingerprint density at radius 3 is 2.67 bits per heavy atom. The first-order chi connectivity index (χ1) is 9.80. The normalized spacial score (nSPS) is 12.8. The number of rotatable bonds is 6. The van der Waals surface area contributed by atoms with Crippen molar-refractivity contribution in [3.63, 3.8) is 0 Å². The van der Waals surface area contributed by atoms with E-state index in [0.717, 1.165) is 0 Å². The van der Waals surface area contributed by atoms with Crippen LogP contribution in [-0.4, -0.2) is 41.7 Å². The van der Waals surface area contributed by atoms with Crippen molar-refractivity contribution in [2.75, 3.05) is 18.5 Å². The smallest absolute Gasteiger partial charge is 0.389 e. The molecule has 1 aromatic carbocycles. The van der Waals surface area contributed by atoms with Gasteiger partial charge in [-0.1, -0.05) is 12.1 Å². The molecule has 0 radical (unpaired) electrons. The molecular formula is C13H17F3N2O3. The van der Waals surface area contributed by atoms with Gasteiger partial charge in [-0.25, -0.2) is 4.79 Å². The van der Waals surface area contributed by atoms with Crippen molar-refractivity contribution >= 4 is 11.7 Å². The van der Waals surface area contributed by atoms with Crippen LogP contribution in [0.25, 0.3) is 0 Å². The highest BCUT2D eigenvalue weighted by Crippen LogP contribution is 2.23. The van der Waals surface area contributed by atoms with Gasteiger partial charge in [0.25, 0.3) is 0 Å². The molecule has 0 saturated carbocycles. The fraction of sp³-hybridized carbons (Fsp3) is 0.462. The van der Waals surface area contributed by atoms with Gasteiger partial charge in [0.05, 0.1) is 12.7 Å². The summed E-state index contributed by atoms with van der Waals surface area (Å²) in [5, 5.41) is 22.4. The van der Waals surface area contributed by atoms with Gasteiger partial charge < -0.3 is 20.8 Å². The van der Waals surface area contributed by atoms with Crippen LogP contribution >= 0.6 is 0 Å². The first kappa shape index (κ1) is 17.3. The lowest BCUT2D eigenvalue weighted by atomic mass is 10.1. The molecule has 5 nitrogen and oxygen atoms in total. The van der Waals surface area contributed by atoms with E-state index in [0.29, 0.717) is 11.3 Å². The van der Waals surface area contributed by atoms with E-state index in [2.05, 4.69) is 10.6 Å². The molecule has 8 heteroatoms. The molecule has 2 amide bonds. The minimum atomic E-state index is -4.22. The highest BCUT2D eigenvalue weighted by molar-refractivity contribution is 5.89. The summed E-state index contributed by atoms with van der Waals surface area (Å²) in [7, 11) is 0. The summed E-state index contributed by atoms with van der Waals surface area (Å²) in [6.07, 6.45) is -6.37. The molecule has 1 aromatic rings. The van der Waals surface area contributed by atoms with Gasteiger partial charge in [-0.2, -0.15) is 13.2 Å². The minimum absolute atomic E-state index is 0.129. The van der Waals surface area contributed by atoms with Crippen LogP contribution in [0.15, 0.2) is 24.3 Å². The number of carbonyl (C=O) groups is 1. The van der Waals surface area contributed by atoms with Crippen LogP contribution in [0.1, 0.15) is 12.0 Å². The van der Waals surface area contributed by atoms with Gasteiger partial charge >= 0.3 is 12.2 Å². The summed E-state index contributed by atoms with van der Waals surface area (Å²) in [4.78, 5) is 11.5. The van der Waals surface area contributed by atoms with Crippen molar-refractivity contribution in [1.29, 1.82) is 0 Å². The predicted molar refractivity (Wildman–Crippen MR) is 70.9 cm³/mol. The van der Waals surface area contributed by atoms with Crippen molar-refractivity contribution in [2.24, 2.45) is 0 Å². The zero-order valence-corrected chi connectivity index (χ0v) is 11.2. The number of aryl methyl sites for hydroxylation is 1. The Balaban J connectivity index is 2.50. The molecule has 0 spiro atoms. The number of hydrogen-bond donors (Lipinski definition) is 4. The second-order valence-corrected chi connectivity index (χ2v) is 4.49. The molecule has 0 bridgehead atoms. The van der Waals surface area contributed by atoms with Crippen LogP contribution in [0.5, 0.6) is 0 Å². The van der Waals surface area contributed by atoms with Gasteiger partial charge in [0.1, 0.15) is 0 Å². The first-order valence-electron chi connectivity index (χ1n) is 6.29. The fourth-order valence-electron chi connectivity index (χ4n) is 1.54. The minimum Gasteiger partial charge on any atom is -0.394 e. The van der Waals surface area contributed by atoms with Crippen molar-refractivity contribution in [1.82, 2.24) is 5.32 Å². The number of amides is 2. The Hall–Kier alpha value is -1.80. The van der Waals surface area contributed by atoms with Crippen LogP contribution in [0.4, 0.5) is 23.7 Å². The largest absolute Gasteiger partial charge is 0.394 e. The van der Waals surface area contributed by atoms with E-state index >= 15 is 0 Å². The second kappa shape index (κ2) is 7.84. The Bertz CT molecular complexity index is 466. The zero-order valence-electron chi connectivity index (χ0n) is 11.2. The number of nitrogens with one attached hydrogen (secondary N) is 2. The van der Waals surface area contributed by atoms with E-state index in [-0.39, 0.29) is 13.0 Å². The fourth-order valence-corrected chi connectivity index (χ4v) is 1.54. The number of halogens is 3. The average Bonchev–Trinajstić information content (AvgIpc) is 2.42. The average molecular weight is 306 g/mol. The second-order valence-electron chi connectivity index (χ2n) is 4.49. The number of aliphatic hydroxyl groups is 2. The molecule has 118 valence electrons. The van der Waals surface area contributed by atoms with E-state index in [1.165, 1.54) is 6.07 Å². The van der Waals surface area contributed by atoms with Gasteiger partial charge in [-0.15, -0.1) is 0 Å². The number of hydrogen-bond acceptors (Lipinski definition) is 3. The van der Waals surface area contributed by atoms with E-state index in [9.17, 15) is 18.0 Å². The molecule has 0 aliphatic heterocycles. The maximum Gasteiger partial charge on any atom is 0.389 e. The quantitative estimate of drug-likeness (QED) is 0.645. The number of anilines is 1. The van der Waals surface area contributed by atoms with Gasteiger partial charge in [-0.05, 0) is 24.1 Å². The monoisotopic (exact) mass is 306 g/mol. The summed E-state index contributed by atoms with van der Waals surface area (Å²) >= 11 is 0. The van der Waals surface area contributed by atoms with Crippen molar-refractivity contribution in [2.45, 2.75) is 25.1 Å². The molecule has 0 saturated heterocycles.